The Morgan fingerprint density at radius 1 is 1.06 bits per heavy atom. The molecule has 0 aliphatic carbocycles. The molecule has 0 N–H and O–H groups in total. The molecular weight excluding hydrogens is 412 g/mol. The van der Waals surface area contributed by atoms with Gasteiger partial charge in [0.2, 0.25) is 0 Å². The summed E-state index contributed by atoms with van der Waals surface area (Å²) in [7, 11) is 3.15. The topological polar surface area (TPSA) is 64.8 Å². The Morgan fingerprint density at radius 2 is 1.77 bits per heavy atom. The van der Waals surface area contributed by atoms with Crippen LogP contribution in [0.25, 0.3) is 11.3 Å². The van der Waals surface area contributed by atoms with E-state index < -0.39 is 0 Å². The average Bonchev–Trinajstić information content (AvgIpc) is 3.50. The van der Waals surface area contributed by atoms with E-state index in [0.717, 1.165) is 16.8 Å². The van der Waals surface area contributed by atoms with Gasteiger partial charge in [0.15, 0.2) is 5.13 Å². The van der Waals surface area contributed by atoms with Crippen molar-refractivity contribution < 1.29 is 18.7 Å². The first-order valence-electron chi connectivity index (χ1n) is 9.68. The lowest BCUT2D eigenvalue weighted by atomic mass is 10.1. The first-order valence-corrected chi connectivity index (χ1v) is 10.6. The molecule has 0 fully saturated rings. The summed E-state index contributed by atoms with van der Waals surface area (Å²) in [5.74, 6) is 1.62. The Bertz CT molecular complexity index is 1140. The van der Waals surface area contributed by atoms with Gasteiger partial charge < -0.3 is 13.9 Å². The summed E-state index contributed by atoms with van der Waals surface area (Å²) in [6, 6.07) is 17.0. The third-order valence-corrected chi connectivity index (χ3v) is 5.79. The number of furan rings is 1. The normalized spacial score (nSPS) is 10.7. The minimum absolute atomic E-state index is 0.220. The summed E-state index contributed by atoms with van der Waals surface area (Å²) in [4.78, 5) is 19.9. The molecule has 2 heterocycles. The number of hydrogen-bond donors (Lipinski definition) is 0. The van der Waals surface area contributed by atoms with Crippen molar-refractivity contribution >= 4 is 22.4 Å². The maximum atomic E-state index is 13.6. The third kappa shape index (κ3) is 4.32. The zero-order valence-corrected chi connectivity index (χ0v) is 18.3. The number of ether oxygens (including phenoxy) is 2. The number of thiazole rings is 1. The van der Waals surface area contributed by atoms with Gasteiger partial charge in [-0.2, -0.15) is 0 Å². The first-order chi connectivity index (χ1) is 15.1. The molecule has 0 atom stereocenters. The van der Waals surface area contributed by atoms with E-state index in [-0.39, 0.29) is 12.5 Å². The van der Waals surface area contributed by atoms with E-state index >= 15 is 0 Å². The van der Waals surface area contributed by atoms with Crippen molar-refractivity contribution in [2.75, 3.05) is 19.1 Å². The molecule has 31 heavy (non-hydrogen) atoms. The van der Waals surface area contributed by atoms with Crippen LogP contribution >= 0.6 is 11.3 Å². The molecule has 7 heteroatoms. The van der Waals surface area contributed by atoms with Crippen LogP contribution in [-0.2, 0) is 6.54 Å². The van der Waals surface area contributed by atoms with Gasteiger partial charge in [0.05, 0.1) is 32.7 Å². The standard InChI is InChI=1S/C24H22N2O4S/c1-16-21(28-2)12-18(13-22(16)29-3)23(27)26(14-19-10-7-11-30-19)24-25-20(15-31-24)17-8-5-4-6-9-17/h4-13,15H,14H2,1-3H3. The van der Waals surface area contributed by atoms with E-state index in [1.807, 2.05) is 48.7 Å². The molecule has 0 saturated heterocycles. The Balaban J connectivity index is 1.74. The van der Waals surface area contributed by atoms with Crippen LogP contribution in [0, 0.1) is 6.92 Å². The Kier molecular flexibility index (Phi) is 6.04. The molecule has 2 aromatic carbocycles. The van der Waals surface area contributed by atoms with Crippen molar-refractivity contribution in [3.05, 3.63) is 83.1 Å². The van der Waals surface area contributed by atoms with Crippen LogP contribution in [-0.4, -0.2) is 25.1 Å². The smallest absolute Gasteiger partial charge is 0.260 e. The fraction of sp³-hybridized carbons (Fsp3) is 0.167. The van der Waals surface area contributed by atoms with Crippen LogP contribution in [0.3, 0.4) is 0 Å². The van der Waals surface area contributed by atoms with E-state index in [1.165, 1.54) is 11.3 Å². The summed E-state index contributed by atoms with van der Waals surface area (Å²) in [6.45, 7) is 2.14. The number of methoxy groups -OCH3 is 2. The van der Waals surface area contributed by atoms with E-state index in [2.05, 4.69) is 0 Å². The second kappa shape index (κ2) is 9.06. The highest BCUT2D eigenvalue weighted by Crippen LogP contribution is 2.33. The largest absolute Gasteiger partial charge is 0.496 e. The fourth-order valence-corrected chi connectivity index (χ4v) is 4.11. The Hall–Kier alpha value is -3.58. The number of carbonyl (C=O) groups excluding carboxylic acids is 1. The molecule has 0 aliphatic heterocycles. The SMILES string of the molecule is COc1cc(C(=O)N(Cc2ccco2)c2nc(-c3ccccc3)cs2)cc(OC)c1C. The molecule has 4 rings (SSSR count). The van der Waals surface area contributed by atoms with Crippen molar-refractivity contribution in [3.63, 3.8) is 0 Å². The number of carbonyl (C=O) groups is 1. The predicted molar refractivity (Wildman–Crippen MR) is 121 cm³/mol. The first kappa shape index (κ1) is 20.7. The minimum atomic E-state index is -0.220. The number of rotatable bonds is 7. The molecule has 0 spiro atoms. The van der Waals surface area contributed by atoms with Crippen LogP contribution in [0.4, 0.5) is 5.13 Å². The quantitative estimate of drug-likeness (QED) is 0.380. The van der Waals surface area contributed by atoms with Gasteiger partial charge >= 0.3 is 0 Å². The number of nitrogens with zero attached hydrogens (tertiary/aromatic N) is 2. The highest BCUT2D eigenvalue weighted by molar-refractivity contribution is 7.14. The zero-order chi connectivity index (χ0) is 21.8. The zero-order valence-electron chi connectivity index (χ0n) is 17.5. The lowest BCUT2D eigenvalue weighted by Gasteiger charge is -2.20. The summed E-state index contributed by atoms with van der Waals surface area (Å²) in [5.41, 5.74) is 3.09. The van der Waals surface area contributed by atoms with Gasteiger partial charge in [-0.05, 0) is 31.2 Å². The lowest BCUT2D eigenvalue weighted by molar-refractivity contribution is 0.0982. The van der Waals surface area contributed by atoms with Crippen molar-refractivity contribution in [3.8, 4) is 22.8 Å². The molecule has 0 saturated carbocycles. The van der Waals surface area contributed by atoms with Gasteiger partial charge in [0.1, 0.15) is 17.3 Å². The maximum absolute atomic E-state index is 13.6. The molecule has 1 amide bonds. The van der Waals surface area contributed by atoms with Crippen molar-refractivity contribution in [2.24, 2.45) is 0 Å². The lowest BCUT2D eigenvalue weighted by Crippen LogP contribution is -2.30. The van der Waals surface area contributed by atoms with Crippen molar-refractivity contribution in [1.29, 1.82) is 0 Å². The summed E-state index contributed by atoms with van der Waals surface area (Å²) >= 11 is 1.41. The van der Waals surface area contributed by atoms with Crippen LogP contribution < -0.4 is 14.4 Å². The highest BCUT2D eigenvalue weighted by Gasteiger charge is 2.24. The van der Waals surface area contributed by atoms with E-state index in [9.17, 15) is 4.79 Å². The summed E-state index contributed by atoms with van der Waals surface area (Å²) in [5, 5.41) is 2.53. The molecule has 4 aromatic rings. The van der Waals surface area contributed by atoms with Crippen LogP contribution in [0.15, 0.2) is 70.7 Å². The second-order valence-electron chi connectivity index (χ2n) is 6.86. The Labute approximate surface area is 184 Å². The van der Waals surface area contributed by atoms with Gasteiger partial charge in [0, 0.05) is 22.1 Å². The van der Waals surface area contributed by atoms with Crippen LogP contribution in [0.1, 0.15) is 21.7 Å². The summed E-state index contributed by atoms with van der Waals surface area (Å²) in [6.07, 6.45) is 1.59. The van der Waals surface area contributed by atoms with E-state index in [4.69, 9.17) is 18.9 Å². The highest BCUT2D eigenvalue weighted by atomic mass is 32.1. The van der Waals surface area contributed by atoms with Crippen molar-refractivity contribution in [2.45, 2.75) is 13.5 Å². The maximum Gasteiger partial charge on any atom is 0.260 e. The fourth-order valence-electron chi connectivity index (χ4n) is 3.28. The van der Waals surface area contributed by atoms with E-state index in [1.54, 1.807) is 43.6 Å². The minimum Gasteiger partial charge on any atom is -0.496 e. The van der Waals surface area contributed by atoms with Gasteiger partial charge in [-0.1, -0.05) is 30.3 Å². The monoisotopic (exact) mass is 434 g/mol. The van der Waals surface area contributed by atoms with Crippen LogP contribution in [0.5, 0.6) is 11.5 Å². The molecule has 0 bridgehead atoms. The number of amides is 1. The average molecular weight is 435 g/mol. The number of aromatic nitrogens is 1. The molecule has 6 nitrogen and oxygen atoms in total. The van der Waals surface area contributed by atoms with Gasteiger partial charge in [0.25, 0.3) is 5.91 Å². The number of benzene rings is 2. The number of hydrogen-bond acceptors (Lipinski definition) is 6. The summed E-state index contributed by atoms with van der Waals surface area (Å²) < 4.78 is 16.4. The number of anilines is 1. The third-order valence-electron chi connectivity index (χ3n) is 4.93. The van der Waals surface area contributed by atoms with Crippen LogP contribution in [0.2, 0.25) is 0 Å². The Morgan fingerprint density at radius 3 is 2.39 bits per heavy atom. The van der Waals surface area contributed by atoms with Gasteiger partial charge in [-0.25, -0.2) is 4.98 Å². The van der Waals surface area contributed by atoms with Crippen molar-refractivity contribution in [1.82, 2.24) is 4.98 Å². The molecule has 0 unspecified atom stereocenters. The molecule has 0 aliphatic rings. The molecule has 0 radical (unpaired) electrons. The predicted octanol–water partition coefficient (Wildman–Crippen LogP) is 5.58. The molecule has 158 valence electrons. The van der Waals surface area contributed by atoms with E-state index in [0.29, 0.717) is 28.0 Å². The molecular formula is C24H22N2O4S. The molecule has 2 aromatic heterocycles. The van der Waals surface area contributed by atoms with Gasteiger partial charge in [-0.15, -0.1) is 11.3 Å². The second-order valence-corrected chi connectivity index (χ2v) is 7.69. The van der Waals surface area contributed by atoms with Gasteiger partial charge in [-0.3, -0.25) is 9.69 Å².